The highest BCUT2D eigenvalue weighted by molar-refractivity contribution is 5.91. The van der Waals surface area contributed by atoms with Crippen molar-refractivity contribution in [1.82, 2.24) is 15.0 Å². The van der Waals surface area contributed by atoms with Gasteiger partial charge in [-0.25, -0.2) is 9.87 Å². The molecule has 1 aromatic carbocycles. The molecule has 0 saturated carbocycles. The number of carbonyl (C=O) groups excluding carboxylic acids is 1. The van der Waals surface area contributed by atoms with Crippen LogP contribution in [0.1, 0.15) is 40.0 Å². The van der Waals surface area contributed by atoms with Crippen molar-refractivity contribution in [3.63, 3.8) is 0 Å². The van der Waals surface area contributed by atoms with Crippen molar-refractivity contribution in [2.75, 3.05) is 6.61 Å². The van der Waals surface area contributed by atoms with Gasteiger partial charge in [0.25, 0.3) is 11.5 Å². The number of aromatic nitrogens is 2. The molecular weight excluding hydrogens is 389 g/mol. The molecule has 1 unspecified atom stereocenters. The predicted octanol–water partition coefficient (Wildman–Crippen LogP) is 2.60. The molecule has 1 amide bonds. The highest BCUT2D eigenvalue weighted by Gasteiger charge is 2.39. The van der Waals surface area contributed by atoms with Gasteiger partial charge in [0.05, 0.1) is 6.54 Å². The molecular formula is C22H20FN3O4. The molecule has 0 bridgehead atoms. The highest BCUT2D eigenvalue weighted by Crippen LogP contribution is 2.41. The fraction of sp³-hybridized carbons (Fsp3) is 0.227. The minimum Gasteiger partial charge on any atom is -0.366 e. The van der Waals surface area contributed by atoms with Crippen molar-refractivity contribution in [3.8, 4) is 0 Å². The minimum absolute atomic E-state index is 0.0727. The van der Waals surface area contributed by atoms with Crippen LogP contribution in [0.25, 0.3) is 0 Å². The number of nitrogens with zero attached hydrogens (tertiary/aromatic N) is 2. The fourth-order valence-corrected chi connectivity index (χ4v) is 3.78. The second-order valence-corrected chi connectivity index (χ2v) is 7.16. The molecule has 1 saturated heterocycles. The van der Waals surface area contributed by atoms with E-state index >= 15 is 0 Å². The summed E-state index contributed by atoms with van der Waals surface area (Å²) in [5, 5.41) is 8.65. The molecule has 1 aliphatic rings. The monoisotopic (exact) mass is 409 g/mol. The largest absolute Gasteiger partial charge is 0.366 e. The van der Waals surface area contributed by atoms with Crippen molar-refractivity contribution in [1.29, 1.82) is 0 Å². The maximum absolute atomic E-state index is 13.4. The van der Waals surface area contributed by atoms with E-state index < -0.39 is 11.5 Å². The first-order valence-electron chi connectivity index (χ1n) is 9.52. The van der Waals surface area contributed by atoms with Crippen molar-refractivity contribution < 1.29 is 19.1 Å². The number of hydrogen-bond donors (Lipinski definition) is 2. The second-order valence-electron chi connectivity index (χ2n) is 7.16. The van der Waals surface area contributed by atoms with Gasteiger partial charge in [-0.3, -0.25) is 19.8 Å². The Kier molecular flexibility index (Phi) is 5.43. The third-order valence-corrected chi connectivity index (χ3v) is 5.31. The number of rotatable bonds is 5. The molecule has 0 radical (unpaired) electrons. The van der Waals surface area contributed by atoms with Crippen LogP contribution >= 0.6 is 0 Å². The molecule has 3 heterocycles. The zero-order valence-electron chi connectivity index (χ0n) is 16.0. The van der Waals surface area contributed by atoms with Gasteiger partial charge in [-0.2, -0.15) is 0 Å². The van der Waals surface area contributed by atoms with Crippen molar-refractivity contribution in [2.45, 2.75) is 25.0 Å². The van der Waals surface area contributed by atoms with Crippen LogP contribution in [0.2, 0.25) is 0 Å². The van der Waals surface area contributed by atoms with Gasteiger partial charge in [-0.15, -0.1) is 0 Å². The average Bonchev–Trinajstić information content (AvgIpc) is 3.27. The van der Waals surface area contributed by atoms with Crippen LogP contribution in [0, 0.1) is 5.82 Å². The van der Waals surface area contributed by atoms with Gasteiger partial charge < -0.3 is 9.30 Å². The zero-order chi connectivity index (χ0) is 21.1. The number of pyridine rings is 2. The highest BCUT2D eigenvalue weighted by atomic mass is 19.1. The van der Waals surface area contributed by atoms with E-state index in [1.54, 1.807) is 30.5 Å². The number of hydroxylamine groups is 1. The molecule has 7 nitrogen and oxygen atoms in total. The maximum Gasteiger partial charge on any atom is 0.293 e. The summed E-state index contributed by atoms with van der Waals surface area (Å²) in [6, 6.07) is 12.7. The van der Waals surface area contributed by atoms with E-state index in [-0.39, 0.29) is 23.6 Å². The summed E-state index contributed by atoms with van der Waals surface area (Å²) >= 11 is 0. The maximum atomic E-state index is 13.4. The smallest absolute Gasteiger partial charge is 0.293 e. The number of benzene rings is 1. The third-order valence-electron chi connectivity index (χ3n) is 5.31. The molecule has 30 heavy (non-hydrogen) atoms. The van der Waals surface area contributed by atoms with Crippen molar-refractivity contribution in [2.24, 2.45) is 0 Å². The van der Waals surface area contributed by atoms with Gasteiger partial charge in [0.15, 0.2) is 0 Å². The molecule has 2 aromatic heterocycles. The van der Waals surface area contributed by atoms with Crippen LogP contribution < -0.4 is 11.0 Å². The van der Waals surface area contributed by atoms with Crippen molar-refractivity contribution in [3.05, 3.63) is 99.5 Å². The Bertz CT molecular complexity index is 1100. The van der Waals surface area contributed by atoms with Gasteiger partial charge >= 0.3 is 0 Å². The molecule has 1 aliphatic heterocycles. The van der Waals surface area contributed by atoms with Gasteiger partial charge in [-0.1, -0.05) is 18.2 Å². The van der Waals surface area contributed by atoms with Crippen LogP contribution in [-0.2, 0) is 16.9 Å². The Balaban J connectivity index is 1.61. The summed E-state index contributed by atoms with van der Waals surface area (Å²) in [5.74, 6) is -1.02. The summed E-state index contributed by atoms with van der Waals surface area (Å²) in [4.78, 5) is 28.1. The number of ether oxygens (including phenoxy) is 1. The van der Waals surface area contributed by atoms with E-state index in [0.717, 1.165) is 23.1 Å². The first kappa shape index (κ1) is 19.9. The van der Waals surface area contributed by atoms with E-state index in [4.69, 9.17) is 9.94 Å². The van der Waals surface area contributed by atoms with E-state index in [1.165, 1.54) is 34.4 Å². The first-order valence-corrected chi connectivity index (χ1v) is 9.52. The molecule has 1 fully saturated rings. The lowest BCUT2D eigenvalue weighted by Gasteiger charge is -2.29. The normalized spacial score (nSPS) is 18.3. The number of amides is 1. The lowest BCUT2D eigenvalue weighted by molar-refractivity contribution is 0.0357. The lowest BCUT2D eigenvalue weighted by atomic mass is 9.84. The average molecular weight is 409 g/mol. The number of hydrogen-bond acceptors (Lipinski definition) is 5. The minimum atomic E-state index is -0.757. The van der Waals surface area contributed by atoms with E-state index in [2.05, 4.69) is 4.98 Å². The molecule has 0 aliphatic carbocycles. The summed E-state index contributed by atoms with van der Waals surface area (Å²) in [5.41, 5.74) is 2.92. The van der Waals surface area contributed by atoms with Gasteiger partial charge in [0, 0.05) is 25.1 Å². The van der Waals surface area contributed by atoms with Crippen LogP contribution in [0.4, 0.5) is 4.39 Å². The Morgan fingerprint density at radius 3 is 2.60 bits per heavy atom. The summed E-state index contributed by atoms with van der Waals surface area (Å²) in [6.07, 6.45) is 4.73. The topological polar surface area (TPSA) is 93.5 Å². The Hall–Kier alpha value is -3.36. The summed E-state index contributed by atoms with van der Waals surface area (Å²) in [7, 11) is 0. The van der Waals surface area contributed by atoms with Gasteiger partial charge in [0.2, 0.25) is 0 Å². The predicted molar refractivity (Wildman–Crippen MR) is 106 cm³/mol. The first-order chi connectivity index (χ1) is 14.5. The molecule has 1 atom stereocenters. The standard InChI is InChI=1S/C22H20FN3O4/c23-18-5-3-16(4-6-18)22(9-1-11-30-22)17-8-10-26(20(27)12-17)14-15-2-7-19(24-13-15)21(28)25-29/h2-8,10,12-13,29H,1,9,11,14H2,(H,25,28). The SMILES string of the molecule is O=C(NO)c1ccc(Cn2ccc(C3(c4ccc(F)cc4)CCCO3)cc2=O)cn1. The lowest BCUT2D eigenvalue weighted by Crippen LogP contribution is -2.30. The Labute approximate surface area is 171 Å². The molecule has 0 spiro atoms. The van der Waals surface area contributed by atoms with Crippen LogP contribution in [0.15, 0.2) is 65.7 Å². The zero-order valence-corrected chi connectivity index (χ0v) is 16.0. The molecule has 8 heteroatoms. The number of halogens is 1. The number of nitrogens with one attached hydrogen (secondary N) is 1. The molecule has 3 aromatic rings. The van der Waals surface area contributed by atoms with E-state index in [0.29, 0.717) is 13.0 Å². The third kappa shape index (κ3) is 3.74. The second kappa shape index (κ2) is 8.17. The van der Waals surface area contributed by atoms with Gasteiger partial charge in [-0.05, 0) is 53.8 Å². The number of carbonyl (C=O) groups is 1. The fourth-order valence-electron chi connectivity index (χ4n) is 3.78. The van der Waals surface area contributed by atoms with E-state index in [1.807, 2.05) is 6.07 Å². The van der Waals surface area contributed by atoms with Crippen LogP contribution in [0.3, 0.4) is 0 Å². The molecule has 4 rings (SSSR count). The van der Waals surface area contributed by atoms with E-state index in [9.17, 15) is 14.0 Å². The van der Waals surface area contributed by atoms with Gasteiger partial charge in [0.1, 0.15) is 17.1 Å². The molecule has 154 valence electrons. The molecule has 2 N–H and O–H groups in total. The summed E-state index contributed by atoms with van der Waals surface area (Å²) < 4.78 is 21.0. The Morgan fingerprint density at radius 1 is 1.20 bits per heavy atom. The van der Waals surface area contributed by atoms with Crippen LogP contribution in [-0.4, -0.2) is 27.3 Å². The van der Waals surface area contributed by atoms with Crippen LogP contribution in [0.5, 0.6) is 0 Å². The summed E-state index contributed by atoms with van der Waals surface area (Å²) in [6.45, 7) is 0.845. The quantitative estimate of drug-likeness (QED) is 0.499. The Morgan fingerprint density at radius 2 is 2.00 bits per heavy atom. The van der Waals surface area contributed by atoms with Crippen molar-refractivity contribution >= 4 is 5.91 Å².